The van der Waals surface area contributed by atoms with Gasteiger partial charge in [-0.25, -0.2) is 4.98 Å². The lowest BCUT2D eigenvalue weighted by atomic mass is 10.1. The van der Waals surface area contributed by atoms with Gasteiger partial charge in [0.05, 0.1) is 38.0 Å². The van der Waals surface area contributed by atoms with E-state index >= 15 is 0 Å². The number of amides is 1. The monoisotopic (exact) mass is 433 g/mol. The van der Waals surface area contributed by atoms with Crippen LogP contribution < -0.4 is 9.47 Å². The number of nitriles is 1. The Hall–Kier alpha value is -3.63. The molecule has 0 spiro atoms. The number of methoxy groups -OCH3 is 2. The molecule has 0 aliphatic carbocycles. The second kappa shape index (κ2) is 10.4. The van der Waals surface area contributed by atoms with E-state index in [9.17, 15) is 4.79 Å². The number of carbonyl (C=O) groups excluding carboxylic acids is 1. The first-order valence-electron chi connectivity index (χ1n) is 9.62. The summed E-state index contributed by atoms with van der Waals surface area (Å²) in [5.41, 5.74) is 3.17. The van der Waals surface area contributed by atoms with Crippen molar-refractivity contribution in [3.05, 3.63) is 77.3 Å². The molecule has 2 aromatic carbocycles. The Morgan fingerprint density at radius 2 is 1.94 bits per heavy atom. The van der Waals surface area contributed by atoms with Gasteiger partial charge in [0, 0.05) is 24.0 Å². The van der Waals surface area contributed by atoms with Crippen molar-refractivity contribution in [2.24, 2.45) is 0 Å². The summed E-state index contributed by atoms with van der Waals surface area (Å²) in [6, 6.07) is 15.0. The van der Waals surface area contributed by atoms with Crippen LogP contribution in [0, 0.1) is 11.3 Å². The summed E-state index contributed by atoms with van der Waals surface area (Å²) >= 11 is 1.48. The first kappa shape index (κ1) is 22.1. The number of aromatic nitrogens is 1. The van der Waals surface area contributed by atoms with Gasteiger partial charge in [0.1, 0.15) is 5.01 Å². The van der Waals surface area contributed by atoms with Gasteiger partial charge in [-0.3, -0.25) is 4.79 Å². The van der Waals surface area contributed by atoms with Crippen molar-refractivity contribution in [1.82, 2.24) is 9.88 Å². The minimum absolute atomic E-state index is 0.0339. The first-order valence-corrected chi connectivity index (χ1v) is 10.5. The second-order valence-corrected chi connectivity index (χ2v) is 7.62. The summed E-state index contributed by atoms with van der Waals surface area (Å²) in [5, 5.41) is 11.7. The number of carbonyl (C=O) groups is 1. The summed E-state index contributed by atoms with van der Waals surface area (Å²) in [4.78, 5) is 19.3. The highest BCUT2D eigenvalue weighted by molar-refractivity contribution is 7.13. The molecule has 0 fully saturated rings. The van der Waals surface area contributed by atoms with Crippen LogP contribution in [0.25, 0.3) is 10.6 Å². The van der Waals surface area contributed by atoms with Crippen LogP contribution in [0.4, 0.5) is 0 Å². The van der Waals surface area contributed by atoms with Gasteiger partial charge < -0.3 is 14.4 Å². The molecule has 0 unspecified atom stereocenters. The molecule has 0 saturated heterocycles. The fourth-order valence-corrected chi connectivity index (χ4v) is 3.89. The van der Waals surface area contributed by atoms with Crippen LogP contribution in [0.3, 0.4) is 0 Å². The molecule has 3 aromatic rings. The molecule has 1 amide bonds. The number of thiazole rings is 1. The van der Waals surface area contributed by atoms with Crippen LogP contribution in [-0.2, 0) is 17.8 Å². The zero-order chi connectivity index (χ0) is 22.2. The van der Waals surface area contributed by atoms with Crippen LogP contribution in [0.5, 0.6) is 11.5 Å². The van der Waals surface area contributed by atoms with E-state index in [1.807, 2.05) is 35.7 Å². The molecule has 31 heavy (non-hydrogen) atoms. The van der Waals surface area contributed by atoms with Crippen LogP contribution in [0.2, 0.25) is 0 Å². The molecule has 1 heterocycles. The first-order chi connectivity index (χ1) is 15.1. The van der Waals surface area contributed by atoms with Gasteiger partial charge >= 0.3 is 0 Å². The van der Waals surface area contributed by atoms with E-state index in [2.05, 4.69) is 17.6 Å². The Morgan fingerprint density at radius 1 is 1.19 bits per heavy atom. The zero-order valence-electron chi connectivity index (χ0n) is 17.5. The topological polar surface area (TPSA) is 75.5 Å². The highest BCUT2D eigenvalue weighted by atomic mass is 32.1. The second-order valence-electron chi connectivity index (χ2n) is 6.76. The number of ether oxygens (including phenoxy) is 2. The zero-order valence-corrected chi connectivity index (χ0v) is 18.3. The third-order valence-corrected chi connectivity index (χ3v) is 5.61. The van der Waals surface area contributed by atoms with Crippen molar-refractivity contribution in [1.29, 1.82) is 5.26 Å². The van der Waals surface area contributed by atoms with Gasteiger partial charge in [0.15, 0.2) is 11.5 Å². The fourth-order valence-electron chi connectivity index (χ4n) is 3.07. The largest absolute Gasteiger partial charge is 0.493 e. The fraction of sp³-hybridized carbons (Fsp3) is 0.208. The summed E-state index contributed by atoms with van der Waals surface area (Å²) in [5.74, 6) is 1.25. The van der Waals surface area contributed by atoms with Gasteiger partial charge in [0.2, 0.25) is 5.91 Å². The van der Waals surface area contributed by atoms with Gasteiger partial charge in [-0.05, 0) is 35.9 Å². The number of hydrogen-bond acceptors (Lipinski definition) is 6. The molecule has 0 atom stereocenters. The number of hydrogen-bond donors (Lipinski definition) is 0. The summed E-state index contributed by atoms with van der Waals surface area (Å²) in [6.45, 7) is 4.64. The van der Waals surface area contributed by atoms with E-state index in [1.54, 1.807) is 37.3 Å². The van der Waals surface area contributed by atoms with Crippen molar-refractivity contribution < 1.29 is 14.3 Å². The van der Waals surface area contributed by atoms with E-state index in [1.165, 1.54) is 11.3 Å². The van der Waals surface area contributed by atoms with E-state index in [-0.39, 0.29) is 12.3 Å². The van der Waals surface area contributed by atoms with E-state index in [4.69, 9.17) is 14.7 Å². The van der Waals surface area contributed by atoms with E-state index in [0.717, 1.165) is 16.1 Å². The smallest absolute Gasteiger partial charge is 0.229 e. The maximum atomic E-state index is 12.9. The van der Waals surface area contributed by atoms with E-state index < -0.39 is 0 Å². The summed E-state index contributed by atoms with van der Waals surface area (Å²) in [7, 11) is 3.19. The van der Waals surface area contributed by atoms with Crippen molar-refractivity contribution in [3.8, 4) is 28.1 Å². The molecule has 0 aliphatic rings. The summed E-state index contributed by atoms with van der Waals surface area (Å²) < 4.78 is 10.6. The Bertz CT molecular complexity index is 1100. The Labute approximate surface area is 186 Å². The van der Waals surface area contributed by atoms with Crippen molar-refractivity contribution in [2.75, 3.05) is 20.8 Å². The predicted octanol–water partition coefficient (Wildman–Crippen LogP) is 4.46. The molecule has 0 radical (unpaired) electrons. The average Bonchev–Trinajstić information content (AvgIpc) is 3.27. The molecule has 158 valence electrons. The molecular formula is C24H23N3O3S. The quantitative estimate of drug-likeness (QED) is 0.466. The van der Waals surface area contributed by atoms with Crippen LogP contribution in [-0.4, -0.2) is 36.6 Å². The van der Waals surface area contributed by atoms with Gasteiger partial charge in [0.25, 0.3) is 0 Å². The Balaban J connectivity index is 1.72. The number of nitrogens with zero attached hydrogens (tertiary/aromatic N) is 3. The maximum Gasteiger partial charge on any atom is 0.229 e. The Morgan fingerprint density at radius 3 is 2.58 bits per heavy atom. The Kier molecular flexibility index (Phi) is 7.41. The third kappa shape index (κ3) is 5.50. The number of rotatable bonds is 9. The SMILES string of the molecule is C=CCN(Cc1ccc(C#N)cc1)C(=O)Cc1csc(-c2ccc(OC)c(OC)c2)n1. The lowest BCUT2D eigenvalue weighted by Gasteiger charge is -2.21. The normalized spacial score (nSPS) is 10.2. The highest BCUT2D eigenvalue weighted by Crippen LogP contribution is 2.33. The highest BCUT2D eigenvalue weighted by Gasteiger charge is 2.16. The van der Waals surface area contributed by atoms with Crippen LogP contribution in [0.15, 0.2) is 60.5 Å². The van der Waals surface area contributed by atoms with Gasteiger partial charge in [-0.1, -0.05) is 18.2 Å². The summed E-state index contributed by atoms with van der Waals surface area (Å²) in [6.07, 6.45) is 1.91. The maximum absolute atomic E-state index is 12.9. The van der Waals surface area contributed by atoms with Crippen molar-refractivity contribution >= 4 is 17.2 Å². The van der Waals surface area contributed by atoms with Gasteiger partial charge in [-0.15, -0.1) is 17.9 Å². The van der Waals surface area contributed by atoms with Gasteiger partial charge in [-0.2, -0.15) is 5.26 Å². The average molecular weight is 434 g/mol. The minimum atomic E-state index is -0.0339. The van der Waals surface area contributed by atoms with Crippen LogP contribution >= 0.6 is 11.3 Å². The molecule has 3 rings (SSSR count). The standard InChI is InChI=1S/C24H23N3O3S/c1-4-11-27(15-18-7-5-17(14-25)6-8-18)23(28)13-20-16-31-24(26-20)19-9-10-21(29-2)22(12-19)30-3/h4-10,12,16H,1,11,13,15H2,2-3H3. The molecule has 0 saturated carbocycles. The molecule has 0 aliphatic heterocycles. The lowest BCUT2D eigenvalue weighted by molar-refractivity contribution is -0.130. The predicted molar refractivity (Wildman–Crippen MR) is 121 cm³/mol. The lowest BCUT2D eigenvalue weighted by Crippen LogP contribution is -2.32. The minimum Gasteiger partial charge on any atom is -0.493 e. The van der Waals surface area contributed by atoms with Crippen molar-refractivity contribution in [2.45, 2.75) is 13.0 Å². The molecule has 0 N–H and O–H groups in total. The third-order valence-electron chi connectivity index (χ3n) is 4.67. The molecule has 6 nitrogen and oxygen atoms in total. The van der Waals surface area contributed by atoms with Crippen LogP contribution in [0.1, 0.15) is 16.8 Å². The van der Waals surface area contributed by atoms with E-state index in [0.29, 0.717) is 35.8 Å². The molecular weight excluding hydrogens is 410 g/mol. The number of benzene rings is 2. The molecule has 1 aromatic heterocycles. The molecule has 0 bridgehead atoms. The molecule has 7 heteroatoms. The van der Waals surface area contributed by atoms with Crippen molar-refractivity contribution in [3.63, 3.8) is 0 Å².